The van der Waals surface area contributed by atoms with Crippen molar-refractivity contribution in [2.75, 3.05) is 72.6 Å². The summed E-state index contributed by atoms with van der Waals surface area (Å²) in [5.74, 6) is -1.65. The van der Waals surface area contributed by atoms with E-state index < -0.39 is 35.1 Å². The van der Waals surface area contributed by atoms with Gasteiger partial charge in [0.2, 0.25) is 11.7 Å². The number of quaternary nitrogens is 1. The third kappa shape index (κ3) is 11.0. The number of likely N-dealkylation sites (N-methyl/N-ethyl adjacent to an activating group) is 1. The topological polar surface area (TPSA) is 156 Å². The van der Waals surface area contributed by atoms with Crippen LogP contribution in [0.3, 0.4) is 0 Å². The Labute approximate surface area is 316 Å². The summed E-state index contributed by atoms with van der Waals surface area (Å²) in [7, 11) is 2.19. The highest BCUT2D eigenvalue weighted by molar-refractivity contribution is 6.38. The van der Waals surface area contributed by atoms with Crippen molar-refractivity contribution in [1.82, 2.24) is 25.4 Å². The Kier molecular flexibility index (Phi) is 14.0. The number of benzene rings is 1. The first kappa shape index (κ1) is 40.2. The molecule has 15 heteroatoms. The first-order valence-corrected chi connectivity index (χ1v) is 17.7. The molecule has 5 rings (SSSR count). The van der Waals surface area contributed by atoms with Gasteiger partial charge in [0.05, 0.1) is 70.1 Å². The molecule has 3 aliphatic heterocycles. The van der Waals surface area contributed by atoms with Crippen LogP contribution in [0.2, 0.25) is 0 Å². The number of rotatable bonds is 12. The van der Waals surface area contributed by atoms with Crippen molar-refractivity contribution in [3.05, 3.63) is 36.0 Å². The van der Waals surface area contributed by atoms with E-state index in [0.717, 1.165) is 43.4 Å². The molecule has 51 heavy (non-hydrogen) atoms. The SMILES string of the molecule is CC(C)(C)OC(=O)N1CC[N+](C)(CCCOc2ccc3nccc(C(=O)NCC(=O)N4CCC[C@H]4C(=O)C(=O)NC[C@@H]4CCCO4)c3c2)CC1.[I-]. The Morgan fingerprint density at radius 2 is 1.78 bits per heavy atom. The average Bonchev–Trinajstić information content (AvgIpc) is 3.80. The molecule has 0 spiro atoms. The maximum absolute atomic E-state index is 13.3. The van der Waals surface area contributed by atoms with Crippen LogP contribution in [-0.4, -0.2) is 139 Å². The summed E-state index contributed by atoms with van der Waals surface area (Å²) >= 11 is 0. The van der Waals surface area contributed by atoms with Gasteiger partial charge in [0.1, 0.15) is 17.4 Å². The molecule has 2 N–H and O–H groups in total. The van der Waals surface area contributed by atoms with Crippen LogP contribution in [0.15, 0.2) is 30.5 Å². The lowest BCUT2D eigenvalue weighted by Gasteiger charge is -2.42. The molecule has 3 saturated heterocycles. The molecular formula is C36H51IN6O8. The number of Topliss-reactive ketones (excluding diaryl/α,β-unsaturated/α-hetero) is 1. The zero-order valence-electron chi connectivity index (χ0n) is 30.1. The standard InChI is InChI=1S/C36H50N6O8.HI/c1-36(2,3)50-35(47)40-15-18-42(4,19-16-40)17-7-21-48-25-10-11-29-28(22-25)27(12-13-37-29)33(45)39-24-31(43)41-14-5-9-30(41)32(44)34(46)38-23-26-8-6-20-49-26;/h10-13,22,26,30H,5-9,14-21,23-24H2,1-4H3,(H-,38,39,45,46);1H/t26-,30-;/m0./s1. The summed E-state index contributed by atoms with van der Waals surface area (Å²) in [4.78, 5) is 71.8. The molecule has 0 bridgehead atoms. The van der Waals surface area contributed by atoms with E-state index in [0.29, 0.717) is 67.9 Å². The second-order valence-electron chi connectivity index (χ2n) is 14.6. The minimum Gasteiger partial charge on any atom is -1.00 e. The van der Waals surface area contributed by atoms with Gasteiger partial charge in [-0.1, -0.05) is 0 Å². The van der Waals surface area contributed by atoms with Gasteiger partial charge >= 0.3 is 6.09 Å². The summed E-state index contributed by atoms with van der Waals surface area (Å²) in [5.41, 5.74) is 0.437. The Morgan fingerprint density at radius 3 is 2.49 bits per heavy atom. The minimum atomic E-state index is -0.850. The van der Waals surface area contributed by atoms with Gasteiger partial charge in [0, 0.05) is 37.7 Å². The summed E-state index contributed by atoms with van der Waals surface area (Å²) in [6.45, 7) is 10.9. The van der Waals surface area contributed by atoms with Gasteiger partial charge in [-0.25, -0.2) is 4.79 Å². The van der Waals surface area contributed by atoms with E-state index >= 15 is 0 Å². The van der Waals surface area contributed by atoms with Crippen LogP contribution < -0.4 is 39.3 Å². The molecule has 3 aliphatic rings. The monoisotopic (exact) mass is 822 g/mol. The Bertz CT molecular complexity index is 1570. The van der Waals surface area contributed by atoms with Crippen molar-refractivity contribution in [2.45, 2.75) is 70.6 Å². The second-order valence-corrected chi connectivity index (χ2v) is 14.6. The zero-order valence-corrected chi connectivity index (χ0v) is 32.2. The van der Waals surface area contributed by atoms with E-state index in [1.54, 1.807) is 23.1 Å². The molecule has 280 valence electrons. The Hall–Kier alpha value is -3.57. The summed E-state index contributed by atoms with van der Waals surface area (Å²) < 4.78 is 17.9. The first-order chi connectivity index (χ1) is 23.8. The zero-order chi connectivity index (χ0) is 35.9. The van der Waals surface area contributed by atoms with Crippen LogP contribution in [0.5, 0.6) is 5.75 Å². The van der Waals surface area contributed by atoms with E-state index in [2.05, 4.69) is 22.7 Å². The number of ketones is 1. The lowest BCUT2D eigenvalue weighted by Crippen LogP contribution is -3.00. The lowest BCUT2D eigenvalue weighted by atomic mass is 10.1. The van der Waals surface area contributed by atoms with Crippen LogP contribution >= 0.6 is 0 Å². The van der Waals surface area contributed by atoms with Gasteiger partial charge in [0.25, 0.3) is 11.8 Å². The fourth-order valence-corrected chi connectivity index (χ4v) is 6.67. The van der Waals surface area contributed by atoms with Crippen molar-refractivity contribution in [3.8, 4) is 5.75 Å². The number of aromatic nitrogens is 1. The lowest BCUT2D eigenvalue weighted by molar-refractivity contribution is -0.913. The smallest absolute Gasteiger partial charge is 0.410 e. The number of nitrogens with one attached hydrogen (secondary N) is 2. The fraction of sp³-hybridized carbons (Fsp3) is 0.611. The van der Waals surface area contributed by atoms with Gasteiger partial charge in [-0.3, -0.25) is 29.1 Å². The normalized spacial score (nSPS) is 20.0. The molecule has 14 nitrogen and oxygen atoms in total. The fourth-order valence-electron chi connectivity index (χ4n) is 6.67. The highest BCUT2D eigenvalue weighted by atomic mass is 127. The molecule has 2 aromatic rings. The molecule has 4 heterocycles. The predicted octanol–water partition coefficient (Wildman–Crippen LogP) is -0.710. The van der Waals surface area contributed by atoms with Crippen LogP contribution in [0.1, 0.15) is 63.2 Å². The minimum absolute atomic E-state index is 0. The summed E-state index contributed by atoms with van der Waals surface area (Å²) in [5, 5.41) is 5.92. The van der Waals surface area contributed by atoms with E-state index in [4.69, 9.17) is 14.2 Å². The molecule has 3 fully saturated rings. The molecular weight excluding hydrogens is 771 g/mol. The third-order valence-electron chi connectivity index (χ3n) is 9.55. The number of pyridine rings is 1. The van der Waals surface area contributed by atoms with E-state index in [9.17, 15) is 24.0 Å². The number of carbonyl (C=O) groups excluding carboxylic acids is 5. The molecule has 4 amide bonds. The Morgan fingerprint density at radius 1 is 1.02 bits per heavy atom. The number of carbonyl (C=O) groups is 5. The van der Waals surface area contributed by atoms with Crippen molar-refractivity contribution in [1.29, 1.82) is 0 Å². The maximum atomic E-state index is 13.3. The number of halogens is 1. The quantitative estimate of drug-likeness (QED) is 0.122. The van der Waals surface area contributed by atoms with Crippen molar-refractivity contribution in [3.63, 3.8) is 0 Å². The summed E-state index contributed by atoms with van der Waals surface area (Å²) in [6.07, 6.45) is 4.74. The van der Waals surface area contributed by atoms with Crippen molar-refractivity contribution >= 4 is 40.5 Å². The first-order valence-electron chi connectivity index (χ1n) is 17.7. The molecule has 0 radical (unpaired) electrons. The molecule has 0 saturated carbocycles. The largest absolute Gasteiger partial charge is 1.00 e. The van der Waals surface area contributed by atoms with Crippen molar-refractivity contribution in [2.24, 2.45) is 0 Å². The molecule has 0 unspecified atom stereocenters. The van der Waals surface area contributed by atoms with E-state index in [-0.39, 0.29) is 49.3 Å². The Balaban J connectivity index is 0.00000583. The molecule has 2 atom stereocenters. The number of nitrogens with zero attached hydrogens (tertiary/aromatic N) is 4. The molecule has 1 aromatic heterocycles. The van der Waals surface area contributed by atoms with Crippen LogP contribution in [0.4, 0.5) is 4.79 Å². The van der Waals surface area contributed by atoms with Crippen LogP contribution in [-0.2, 0) is 23.9 Å². The number of ether oxygens (including phenoxy) is 3. The second kappa shape index (κ2) is 17.8. The number of fused-ring (bicyclic) bond motifs is 1. The molecule has 1 aromatic carbocycles. The summed E-state index contributed by atoms with van der Waals surface area (Å²) in [6, 6.07) is 6.13. The van der Waals surface area contributed by atoms with Gasteiger partial charge in [-0.15, -0.1) is 0 Å². The predicted molar refractivity (Wildman–Crippen MR) is 185 cm³/mol. The van der Waals surface area contributed by atoms with Gasteiger partial charge in [-0.2, -0.15) is 0 Å². The van der Waals surface area contributed by atoms with Gasteiger partial charge in [0.15, 0.2) is 0 Å². The number of hydrogen-bond donors (Lipinski definition) is 2. The average molecular weight is 823 g/mol. The highest BCUT2D eigenvalue weighted by Gasteiger charge is 2.37. The van der Waals surface area contributed by atoms with Gasteiger partial charge < -0.3 is 58.2 Å². The van der Waals surface area contributed by atoms with Crippen LogP contribution in [0.25, 0.3) is 10.9 Å². The number of piperazine rings is 1. The highest BCUT2D eigenvalue weighted by Crippen LogP contribution is 2.24. The molecule has 0 aliphatic carbocycles. The third-order valence-corrected chi connectivity index (χ3v) is 9.55. The van der Waals surface area contributed by atoms with Gasteiger partial charge in [-0.05, 0) is 70.7 Å². The van der Waals surface area contributed by atoms with Crippen molar-refractivity contribution < 1.29 is 66.6 Å². The number of likely N-dealkylation sites (tertiary alicyclic amines) is 1. The van der Waals surface area contributed by atoms with Crippen LogP contribution in [0, 0.1) is 0 Å². The number of hydrogen-bond acceptors (Lipinski definition) is 9. The maximum Gasteiger partial charge on any atom is 0.410 e. The van der Waals surface area contributed by atoms with E-state index in [1.807, 2.05) is 26.8 Å². The number of amides is 4. The van der Waals surface area contributed by atoms with E-state index in [1.165, 1.54) is 11.1 Å².